The molecule has 0 spiro atoms. The molecule has 0 N–H and O–H groups in total. The van der Waals surface area contributed by atoms with E-state index < -0.39 is 0 Å². The molecule has 0 aromatic heterocycles. The Balaban J connectivity index is 1.71. The quantitative estimate of drug-likeness (QED) is 0.357. The lowest BCUT2D eigenvalue weighted by Crippen LogP contribution is -2.16. The van der Waals surface area contributed by atoms with Gasteiger partial charge in [0.25, 0.3) is 0 Å². The van der Waals surface area contributed by atoms with Crippen LogP contribution in [0.3, 0.4) is 0 Å². The van der Waals surface area contributed by atoms with E-state index in [1.807, 2.05) is 44.5 Å². The zero-order chi connectivity index (χ0) is 19.9. The molecular weight excluding hydrogens is 350 g/mol. The summed E-state index contributed by atoms with van der Waals surface area (Å²) in [4.78, 5) is 12.1. The maximum atomic E-state index is 6.11. The van der Waals surface area contributed by atoms with Crippen molar-refractivity contribution in [3.05, 3.63) is 53.1 Å². The van der Waals surface area contributed by atoms with Crippen LogP contribution >= 0.6 is 0 Å². The van der Waals surface area contributed by atoms with Crippen LogP contribution in [0.4, 0.5) is 5.69 Å². The molecule has 1 aliphatic rings. The van der Waals surface area contributed by atoms with E-state index in [4.69, 9.17) is 9.57 Å². The van der Waals surface area contributed by atoms with Crippen molar-refractivity contribution < 1.29 is 9.57 Å². The number of ether oxygens (including phenoxy) is 1. The number of likely N-dealkylation sites (tertiary alicyclic amines) is 1. The van der Waals surface area contributed by atoms with Crippen molar-refractivity contribution in [2.45, 2.75) is 40.5 Å². The van der Waals surface area contributed by atoms with E-state index in [2.05, 4.69) is 41.0 Å². The number of aliphatic imine (C=N–C) groups is 1. The zero-order valence-electron chi connectivity index (χ0n) is 17.2. The molecule has 2 aromatic carbocycles. The van der Waals surface area contributed by atoms with E-state index in [1.165, 1.54) is 12.8 Å². The molecule has 1 heterocycles. The fourth-order valence-electron chi connectivity index (χ4n) is 3.13. The van der Waals surface area contributed by atoms with Crippen LogP contribution < -0.4 is 4.74 Å². The van der Waals surface area contributed by atoms with Gasteiger partial charge in [-0.3, -0.25) is 0 Å². The van der Waals surface area contributed by atoms with E-state index in [1.54, 1.807) is 0 Å². The van der Waals surface area contributed by atoms with Crippen LogP contribution in [0.5, 0.6) is 11.5 Å². The Bertz CT molecular complexity index is 851. The summed E-state index contributed by atoms with van der Waals surface area (Å²) in [6, 6.07) is 12.0. The molecule has 0 saturated carbocycles. The number of benzene rings is 2. The van der Waals surface area contributed by atoms with Crippen molar-refractivity contribution in [1.29, 1.82) is 0 Å². The van der Waals surface area contributed by atoms with Crippen LogP contribution in [0, 0.1) is 13.8 Å². The second kappa shape index (κ2) is 9.40. The topological polar surface area (TPSA) is 46.4 Å². The third-order valence-electron chi connectivity index (χ3n) is 4.82. The average molecular weight is 380 g/mol. The van der Waals surface area contributed by atoms with Crippen LogP contribution in [-0.4, -0.2) is 36.6 Å². The molecular formula is C23H29N3O2. The second-order valence-electron chi connectivity index (χ2n) is 7.11. The number of rotatable bonds is 7. The van der Waals surface area contributed by atoms with Crippen molar-refractivity contribution >= 4 is 17.7 Å². The van der Waals surface area contributed by atoms with Crippen molar-refractivity contribution in [2.24, 2.45) is 10.1 Å². The first-order valence-electron chi connectivity index (χ1n) is 9.91. The Hall–Kier alpha value is -2.82. The first-order valence-corrected chi connectivity index (χ1v) is 9.91. The maximum Gasteiger partial charge on any atom is 0.130 e. The Morgan fingerprint density at radius 3 is 2.46 bits per heavy atom. The van der Waals surface area contributed by atoms with Gasteiger partial charge in [-0.1, -0.05) is 5.16 Å². The van der Waals surface area contributed by atoms with Crippen LogP contribution in [0.15, 0.2) is 46.5 Å². The molecule has 0 radical (unpaired) electrons. The normalized spacial score (nSPS) is 14.7. The van der Waals surface area contributed by atoms with Crippen molar-refractivity contribution in [3.8, 4) is 11.5 Å². The monoisotopic (exact) mass is 379 g/mol. The Labute approximate surface area is 167 Å². The first kappa shape index (κ1) is 19.9. The molecule has 0 bridgehead atoms. The van der Waals surface area contributed by atoms with E-state index in [9.17, 15) is 0 Å². The number of aryl methyl sites for hydroxylation is 2. The largest absolute Gasteiger partial charge is 0.457 e. The average Bonchev–Trinajstić information content (AvgIpc) is 3.22. The number of oxime groups is 1. The lowest BCUT2D eigenvalue weighted by molar-refractivity contribution is 0.159. The molecule has 1 aliphatic heterocycles. The Kier molecular flexibility index (Phi) is 6.69. The van der Waals surface area contributed by atoms with Crippen molar-refractivity contribution in [2.75, 3.05) is 19.7 Å². The molecule has 5 heteroatoms. The number of hydrogen-bond donors (Lipinski definition) is 0. The SMILES string of the molecule is CCON=C(C)c1ccc(Oc2cc(C)c(N=CN3CCCC3)cc2C)cc1. The summed E-state index contributed by atoms with van der Waals surface area (Å²) in [6.07, 6.45) is 4.49. The molecule has 148 valence electrons. The van der Waals surface area contributed by atoms with E-state index in [0.29, 0.717) is 6.61 Å². The third kappa shape index (κ3) is 5.12. The summed E-state index contributed by atoms with van der Waals surface area (Å²) >= 11 is 0. The maximum absolute atomic E-state index is 6.11. The summed E-state index contributed by atoms with van der Waals surface area (Å²) in [6.45, 7) is 10.7. The van der Waals surface area contributed by atoms with Gasteiger partial charge in [0, 0.05) is 13.1 Å². The predicted octanol–water partition coefficient (Wildman–Crippen LogP) is 5.61. The van der Waals surface area contributed by atoms with Gasteiger partial charge in [-0.15, -0.1) is 0 Å². The highest BCUT2D eigenvalue weighted by Gasteiger charge is 2.09. The molecule has 0 unspecified atom stereocenters. The van der Waals surface area contributed by atoms with Gasteiger partial charge in [0.05, 0.1) is 17.7 Å². The molecule has 2 aromatic rings. The lowest BCUT2D eigenvalue weighted by atomic mass is 10.1. The fraction of sp³-hybridized carbons (Fsp3) is 0.391. The first-order chi connectivity index (χ1) is 13.6. The summed E-state index contributed by atoms with van der Waals surface area (Å²) in [5.74, 6) is 1.65. The highest BCUT2D eigenvalue weighted by atomic mass is 16.6. The standard InChI is InChI=1S/C23H29N3O2/c1-5-27-25-19(4)20-8-10-21(11-9-20)28-23-15-17(2)22(14-18(23)3)24-16-26-12-6-7-13-26/h8-11,14-16H,5-7,12-13H2,1-4H3. The van der Waals surface area contributed by atoms with E-state index in [-0.39, 0.29) is 0 Å². The molecule has 1 fully saturated rings. The molecule has 1 saturated heterocycles. The lowest BCUT2D eigenvalue weighted by Gasteiger charge is -2.13. The van der Waals surface area contributed by atoms with Crippen LogP contribution in [0.25, 0.3) is 0 Å². The van der Waals surface area contributed by atoms with Gasteiger partial charge in [-0.25, -0.2) is 4.99 Å². The van der Waals surface area contributed by atoms with Gasteiger partial charge in [-0.05, 0) is 93.6 Å². The summed E-state index contributed by atoms with van der Waals surface area (Å²) in [5.41, 5.74) is 5.03. The van der Waals surface area contributed by atoms with Crippen molar-refractivity contribution in [3.63, 3.8) is 0 Å². The third-order valence-corrected chi connectivity index (χ3v) is 4.82. The van der Waals surface area contributed by atoms with Gasteiger partial charge < -0.3 is 14.5 Å². The van der Waals surface area contributed by atoms with E-state index >= 15 is 0 Å². The number of nitrogens with zero attached hydrogens (tertiary/aromatic N) is 3. The van der Waals surface area contributed by atoms with Crippen LogP contribution in [0.2, 0.25) is 0 Å². The zero-order valence-corrected chi connectivity index (χ0v) is 17.2. The highest BCUT2D eigenvalue weighted by molar-refractivity contribution is 5.98. The van der Waals surface area contributed by atoms with Gasteiger partial charge in [-0.2, -0.15) is 0 Å². The van der Waals surface area contributed by atoms with Gasteiger partial charge in [0.2, 0.25) is 0 Å². The van der Waals surface area contributed by atoms with Crippen molar-refractivity contribution in [1.82, 2.24) is 4.90 Å². The minimum Gasteiger partial charge on any atom is -0.457 e. The second-order valence-corrected chi connectivity index (χ2v) is 7.11. The van der Waals surface area contributed by atoms with Gasteiger partial charge >= 0.3 is 0 Å². The minimum atomic E-state index is 0.565. The fourth-order valence-corrected chi connectivity index (χ4v) is 3.13. The van der Waals surface area contributed by atoms with Gasteiger partial charge in [0.1, 0.15) is 18.1 Å². The van der Waals surface area contributed by atoms with Crippen LogP contribution in [-0.2, 0) is 4.84 Å². The molecule has 0 atom stereocenters. The molecule has 0 aliphatic carbocycles. The smallest absolute Gasteiger partial charge is 0.130 e. The summed E-state index contributed by atoms with van der Waals surface area (Å²) in [7, 11) is 0. The van der Waals surface area contributed by atoms with Gasteiger partial charge in [0.15, 0.2) is 0 Å². The minimum absolute atomic E-state index is 0.565. The molecule has 3 rings (SSSR count). The highest BCUT2D eigenvalue weighted by Crippen LogP contribution is 2.31. The molecule has 0 amide bonds. The number of hydrogen-bond acceptors (Lipinski definition) is 4. The predicted molar refractivity (Wildman–Crippen MR) is 115 cm³/mol. The molecule has 28 heavy (non-hydrogen) atoms. The van der Waals surface area contributed by atoms with Crippen LogP contribution in [0.1, 0.15) is 43.4 Å². The van der Waals surface area contributed by atoms with E-state index in [0.717, 1.165) is 52.7 Å². The summed E-state index contributed by atoms with van der Waals surface area (Å²) in [5, 5.41) is 4.07. The Morgan fingerprint density at radius 1 is 1.07 bits per heavy atom. The molecule has 5 nitrogen and oxygen atoms in total. The Morgan fingerprint density at radius 2 is 1.79 bits per heavy atom. The summed E-state index contributed by atoms with van der Waals surface area (Å²) < 4.78 is 6.11.